The maximum absolute atomic E-state index is 12.9. The molecule has 4 rings (SSSR count). The van der Waals surface area contributed by atoms with Crippen molar-refractivity contribution in [3.63, 3.8) is 0 Å². The number of rotatable bonds is 11. The Kier molecular flexibility index (Phi) is 9.60. The Morgan fingerprint density at radius 2 is 1.63 bits per heavy atom. The lowest BCUT2D eigenvalue weighted by Crippen LogP contribution is -2.48. The summed E-state index contributed by atoms with van der Waals surface area (Å²) in [5.41, 5.74) is 2.07. The van der Waals surface area contributed by atoms with E-state index in [1.165, 1.54) is 12.5 Å². The van der Waals surface area contributed by atoms with Crippen LogP contribution in [-0.2, 0) is 16.1 Å². The fraction of sp³-hybridized carbons (Fsp3) is 0.357. The number of hydrogen-bond donors (Lipinski definition) is 3. The summed E-state index contributed by atoms with van der Waals surface area (Å²) in [7, 11) is 1.68. The number of methoxy groups -OCH3 is 1. The van der Waals surface area contributed by atoms with E-state index < -0.39 is 0 Å². The van der Waals surface area contributed by atoms with Crippen LogP contribution in [0, 0.1) is 0 Å². The molecule has 10 nitrogen and oxygen atoms in total. The summed E-state index contributed by atoms with van der Waals surface area (Å²) >= 11 is 0. The van der Waals surface area contributed by atoms with Crippen molar-refractivity contribution < 1.29 is 14.3 Å². The van der Waals surface area contributed by atoms with Gasteiger partial charge in [0.1, 0.15) is 17.4 Å². The van der Waals surface area contributed by atoms with Crippen LogP contribution in [0.25, 0.3) is 11.4 Å². The number of carbonyl (C=O) groups excluding carboxylic acids is 2. The maximum atomic E-state index is 12.9. The minimum Gasteiger partial charge on any atom is -0.497 e. The number of nitrogens with one attached hydrogen (secondary N) is 3. The third-order valence-electron chi connectivity index (χ3n) is 6.20. The second-order valence-electron chi connectivity index (χ2n) is 9.19. The van der Waals surface area contributed by atoms with Crippen molar-refractivity contribution in [3.05, 3.63) is 66.2 Å². The summed E-state index contributed by atoms with van der Waals surface area (Å²) in [6.07, 6.45) is 0. The summed E-state index contributed by atoms with van der Waals surface area (Å²) in [4.78, 5) is 37.8. The number of nitrogens with zero attached hydrogens (tertiary/aromatic N) is 4. The van der Waals surface area contributed by atoms with E-state index in [1.54, 1.807) is 13.2 Å². The van der Waals surface area contributed by atoms with Gasteiger partial charge in [-0.1, -0.05) is 42.5 Å². The van der Waals surface area contributed by atoms with Gasteiger partial charge in [0, 0.05) is 64.4 Å². The average molecular weight is 518 g/mol. The summed E-state index contributed by atoms with van der Waals surface area (Å²) in [6, 6.07) is 19.5. The van der Waals surface area contributed by atoms with Crippen molar-refractivity contribution in [2.24, 2.45) is 0 Å². The molecule has 2 amide bonds. The van der Waals surface area contributed by atoms with E-state index >= 15 is 0 Å². The first kappa shape index (κ1) is 27.0. The number of hydrogen-bond acceptors (Lipinski definition) is 8. The Morgan fingerprint density at radius 1 is 0.895 bits per heavy atom. The normalized spacial score (nSPS) is 14.1. The molecule has 2 heterocycles. The number of amides is 2. The Morgan fingerprint density at radius 3 is 2.37 bits per heavy atom. The van der Waals surface area contributed by atoms with Gasteiger partial charge in [-0.2, -0.15) is 0 Å². The van der Waals surface area contributed by atoms with E-state index in [9.17, 15) is 9.59 Å². The highest BCUT2D eigenvalue weighted by atomic mass is 16.5. The van der Waals surface area contributed by atoms with Gasteiger partial charge in [-0.3, -0.25) is 19.4 Å². The van der Waals surface area contributed by atoms with E-state index in [4.69, 9.17) is 4.74 Å². The molecule has 200 valence electrons. The smallest absolute Gasteiger partial charge is 0.239 e. The molecular formula is C28H35N7O3. The summed E-state index contributed by atoms with van der Waals surface area (Å²) in [6.45, 7) is 6.99. The number of carbonyl (C=O) groups is 2. The van der Waals surface area contributed by atoms with Crippen LogP contribution in [0.1, 0.15) is 12.5 Å². The van der Waals surface area contributed by atoms with Crippen LogP contribution in [0.4, 0.5) is 11.6 Å². The summed E-state index contributed by atoms with van der Waals surface area (Å²) in [5.74, 6) is 2.18. The molecule has 1 aromatic heterocycles. The van der Waals surface area contributed by atoms with Gasteiger partial charge in [0.2, 0.25) is 11.8 Å². The molecule has 1 aliphatic heterocycles. The highest BCUT2D eigenvalue weighted by Gasteiger charge is 2.20. The third-order valence-corrected chi connectivity index (χ3v) is 6.20. The summed E-state index contributed by atoms with van der Waals surface area (Å²) < 4.78 is 5.33. The first-order valence-electron chi connectivity index (χ1n) is 12.8. The van der Waals surface area contributed by atoms with Gasteiger partial charge in [-0.05, 0) is 17.7 Å². The van der Waals surface area contributed by atoms with Crippen LogP contribution < -0.4 is 20.7 Å². The molecule has 0 atom stereocenters. The SMILES string of the molecule is COc1cccc(CN2CCN(CC(=O)Nc3cc(NCCNC(C)=O)nc(-c4ccccc4)n3)CC2)c1. The standard InChI is InChI=1S/C28H35N7O3/c1-21(36)29-11-12-30-25-18-26(33-28(32-25)23-8-4-3-5-9-23)31-27(37)20-35-15-13-34(14-16-35)19-22-7-6-10-24(17-22)38-2/h3-10,17-18H,11-16,19-20H2,1-2H3,(H,29,36)(H2,30,31,32,33,37). The van der Waals surface area contributed by atoms with Crippen LogP contribution in [-0.4, -0.2) is 84.5 Å². The highest BCUT2D eigenvalue weighted by molar-refractivity contribution is 5.92. The van der Waals surface area contributed by atoms with Crippen molar-refractivity contribution in [1.82, 2.24) is 25.1 Å². The lowest BCUT2D eigenvalue weighted by molar-refractivity contribution is -0.119. The van der Waals surface area contributed by atoms with E-state index in [2.05, 4.69) is 47.9 Å². The van der Waals surface area contributed by atoms with Gasteiger partial charge in [-0.25, -0.2) is 9.97 Å². The quantitative estimate of drug-likeness (QED) is 0.333. The molecule has 0 aliphatic carbocycles. The van der Waals surface area contributed by atoms with Crippen molar-refractivity contribution >= 4 is 23.5 Å². The molecule has 38 heavy (non-hydrogen) atoms. The van der Waals surface area contributed by atoms with Crippen LogP contribution in [0.3, 0.4) is 0 Å². The zero-order valence-electron chi connectivity index (χ0n) is 21.9. The maximum Gasteiger partial charge on any atom is 0.239 e. The Labute approximate surface area is 223 Å². The van der Waals surface area contributed by atoms with Gasteiger partial charge in [0.15, 0.2) is 5.82 Å². The molecule has 0 spiro atoms. The second-order valence-corrected chi connectivity index (χ2v) is 9.19. The molecule has 0 radical (unpaired) electrons. The molecule has 1 fully saturated rings. The van der Waals surface area contributed by atoms with Crippen molar-refractivity contribution in [2.75, 3.05) is 63.6 Å². The van der Waals surface area contributed by atoms with Crippen molar-refractivity contribution in [3.8, 4) is 17.1 Å². The topological polar surface area (TPSA) is 112 Å². The lowest BCUT2D eigenvalue weighted by atomic mass is 10.2. The van der Waals surface area contributed by atoms with Gasteiger partial charge in [0.05, 0.1) is 13.7 Å². The van der Waals surface area contributed by atoms with Gasteiger partial charge >= 0.3 is 0 Å². The molecular weight excluding hydrogens is 482 g/mol. The molecule has 0 unspecified atom stereocenters. The summed E-state index contributed by atoms with van der Waals surface area (Å²) in [5, 5.41) is 8.89. The molecule has 0 saturated carbocycles. The minimum absolute atomic E-state index is 0.0893. The van der Waals surface area contributed by atoms with Gasteiger partial charge in [0.25, 0.3) is 0 Å². The fourth-order valence-corrected chi connectivity index (χ4v) is 4.27. The number of aromatic nitrogens is 2. The number of ether oxygens (including phenoxy) is 1. The van der Waals surface area contributed by atoms with Crippen LogP contribution >= 0.6 is 0 Å². The minimum atomic E-state index is -0.117. The third kappa shape index (κ3) is 8.25. The molecule has 1 saturated heterocycles. The molecule has 1 aliphatic rings. The number of anilines is 2. The zero-order chi connectivity index (χ0) is 26.7. The van der Waals surface area contributed by atoms with Crippen LogP contribution in [0.2, 0.25) is 0 Å². The predicted molar refractivity (Wildman–Crippen MR) is 148 cm³/mol. The second kappa shape index (κ2) is 13.5. The highest BCUT2D eigenvalue weighted by Crippen LogP contribution is 2.20. The van der Waals surface area contributed by atoms with Crippen LogP contribution in [0.5, 0.6) is 5.75 Å². The number of benzene rings is 2. The van der Waals surface area contributed by atoms with E-state index in [-0.39, 0.29) is 11.8 Å². The van der Waals surface area contributed by atoms with Crippen molar-refractivity contribution in [1.29, 1.82) is 0 Å². The van der Waals surface area contributed by atoms with Gasteiger partial charge < -0.3 is 20.7 Å². The van der Waals surface area contributed by atoms with E-state index in [1.807, 2.05) is 42.5 Å². The first-order valence-corrected chi connectivity index (χ1v) is 12.8. The average Bonchev–Trinajstić information content (AvgIpc) is 2.92. The van der Waals surface area contributed by atoms with Crippen LogP contribution in [0.15, 0.2) is 60.7 Å². The lowest BCUT2D eigenvalue weighted by Gasteiger charge is -2.34. The fourth-order valence-electron chi connectivity index (χ4n) is 4.27. The molecule has 10 heteroatoms. The predicted octanol–water partition coefficient (Wildman–Crippen LogP) is 2.46. The molecule has 3 aromatic rings. The molecule has 3 N–H and O–H groups in total. The Bertz CT molecular complexity index is 1210. The molecule has 2 aromatic carbocycles. The monoisotopic (exact) mass is 517 g/mol. The van der Waals surface area contributed by atoms with Crippen molar-refractivity contribution in [2.45, 2.75) is 13.5 Å². The first-order chi connectivity index (χ1) is 18.5. The van der Waals surface area contributed by atoms with E-state index in [0.29, 0.717) is 37.1 Å². The van der Waals surface area contributed by atoms with Gasteiger partial charge in [-0.15, -0.1) is 0 Å². The van der Waals surface area contributed by atoms with E-state index in [0.717, 1.165) is 44.0 Å². The molecule has 0 bridgehead atoms. The zero-order valence-corrected chi connectivity index (χ0v) is 21.9. The number of piperazine rings is 1. The Hall–Kier alpha value is -4.02. The Balaban J connectivity index is 1.32. The largest absolute Gasteiger partial charge is 0.497 e.